The van der Waals surface area contributed by atoms with Gasteiger partial charge >= 0.3 is 0 Å². The standard InChI is InChI=1S/C13H20N4OS/c1-9(8-18-4)17-6-5-14-13(17)16-11(3)12-15-7-10(2)19-12/h5-7,9,11H,8H2,1-4H3,(H,14,16). The van der Waals surface area contributed by atoms with Crippen molar-refractivity contribution < 1.29 is 4.74 Å². The minimum Gasteiger partial charge on any atom is -0.383 e. The molecule has 0 fully saturated rings. The van der Waals surface area contributed by atoms with Crippen LogP contribution in [0.4, 0.5) is 5.95 Å². The minimum absolute atomic E-state index is 0.148. The lowest BCUT2D eigenvalue weighted by atomic mass is 10.3. The molecule has 1 N–H and O–H groups in total. The summed E-state index contributed by atoms with van der Waals surface area (Å²) in [5.41, 5.74) is 0. The number of methoxy groups -OCH3 is 1. The Balaban J connectivity index is 2.09. The highest BCUT2D eigenvalue weighted by atomic mass is 32.1. The Bertz CT molecular complexity index is 522. The second-order valence-corrected chi connectivity index (χ2v) is 5.90. The molecule has 0 amide bonds. The summed E-state index contributed by atoms with van der Waals surface area (Å²) in [4.78, 5) is 9.99. The molecule has 6 heteroatoms. The second kappa shape index (κ2) is 6.16. The zero-order valence-corrected chi connectivity index (χ0v) is 12.6. The van der Waals surface area contributed by atoms with Gasteiger partial charge in [-0.2, -0.15) is 0 Å². The Morgan fingerprint density at radius 1 is 1.42 bits per heavy atom. The van der Waals surface area contributed by atoms with Crippen molar-refractivity contribution >= 4 is 17.3 Å². The van der Waals surface area contributed by atoms with Crippen molar-refractivity contribution in [2.45, 2.75) is 32.9 Å². The van der Waals surface area contributed by atoms with E-state index in [1.54, 1.807) is 24.6 Å². The quantitative estimate of drug-likeness (QED) is 0.883. The van der Waals surface area contributed by atoms with Gasteiger partial charge in [0.05, 0.1) is 18.7 Å². The van der Waals surface area contributed by atoms with Gasteiger partial charge in [0.15, 0.2) is 0 Å². The van der Waals surface area contributed by atoms with Gasteiger partial charge in [-0.15, -0.1) is 11.3 Å². The van der Waals surface area contributed by atoms with E-state index in [0.717, 1.165) is 11.0 Å². The van der Waals surface area contributed by atoms with Gasteiger partial charge in [-0.1, -0.05) is 0 Å². The van der Waals surface area contributed by atoms with Gasteiger partial charge in [-0.3, -0.25) is 0 Å². The molecule has 104 valence electrons. The summed E-state index contributed by atoms with van der Waals surface area (Å²) < 4.78 is 7.27. The average Bonchev–Trinajstić information content (AvgIpc) is 2.98. The molecule has 2 rings (SSSR count). The summed E-state index contributed by atoms with van der Waals surface area (Å²) in [5, 5.41) is 4.48. The summed E-state index contributed by atoms with van der Waals surface area (Å²) in [6.45, 7) is 6.93. The van der Waals surface area contributed by atoms with E-state index >= 15 is 0 Å². The third-order valence-corrected chi connectivity index (χ3v) is 4.00. The zero-order chi connectivity index (χ0) is 13.8. The van der Waals surface area contributed by atoms with Crippen LogP contribution in [-0.2, 0) is 4.74 Å². The maximum absolute atomic E-state index is 5.19. The highest BCUT2D eigenvalue weighted by Gasteiger charge is 2.14. The third-order valence-electron chi connectivity index (χ3n) is 2.91. The lowest BCUT2D eigenvalue weighted by Crippen LogP contribution is -2.16. The lowest BCUT2D eigenvalue weighted by Gasteiger charge is -2.18. The molecule has 0 spiro atoms. The fourth-order valence-corrected chi connectivity index (χ4v) is 2.71. The molecular weight excluding hydrogens is 260 g/mol. The molecule has 2 unspecified atom stereocenters. The first-order valence-electron chi connectivity index (χ1n) is 6.32. The van der Waals surface area contributed by atoms with Gasteiger partial charge in [0.1, 0.15) is 5.01 Å². The molecule has 0 saturated carbocycles. The summed E-state index contributed by atoms with van der Waals surface area (Å²) in [6.07, 6.45) is 5.67. The molecule has 19 heavy (non-hydrogen) atoms. The van der Waals surface area contributed by atoms with Gasteiger partial charge in [-0.25, -0.2) is 9.97 Å². The van der Waals surface area contributed by atoms with Crippen LogP contribution in [0.1, 0.15) is 35.8 Å². The highest BCUT2D eigenvalue weighted by molar-refractivity contribution is 7.11. The molecular formula is C13H20N4OS. The first-order valence-corrected chi connectivity index (χ1v) is 7.14. The van der Waals surface area contributed by atoms with Crippen LogP contribution in [0.2, 0.25) is 0 Å². The van der Waals surface area contributed by atoms with E-state index in [9.17, 15) is 0 Å². The number of aromatic nitrogens is 3. The molecule has 0 saturated heterocycles. The van der Waals surface area contributed by atoms with Gasteiger partial charge in [0, 0.05) is 30.6 Å². The first-order chi connectivity index (χ1) is 9.11. The van der Waals surface area contributed by atoms with E-state index in [1.807, 2.05) is 12.4 Å². The Morgan fingerprint density at radius 3 is 2.84 bits per heavy atom. The molecule has 0 radical (unpaired) electrons. The van der Waals surface area contributed by atoms with Crippen LogP contribution >= 0.6 is 11.3 Å². The minimum atomic E-state index is 0.148. The van der Waals surface area contributed by atoms with Gasteiger partial charge in [0.2, 0.25) is 5.95 Å². The zero-order valence-electron chi connectivity index (χ0n) is 11.8. The third kappa shape index (κ3) is 3.33. The second-order valence-electron chi connectivity index (χ2n) is 4.64. The van der Waals surface area contributed by atoms with Crippen LogP contribution < -0.4 is 5.32 Å². The molecule has 2 aromatic rings. The lowest BCUT2D eigenvalue weighted by molar-refractivity contribution is 0.163. The van der Waals surface area contributed by atoms with Crippen molar-refractivity contribution in [3.8, 4) is 0 Å². The summed E-state index contributed by atoms with van der Waals surface area (Å²) >= 11 is 1.71. The number of imidazole rings is 1. The fourth-order valence-electron chi connectivity index (χ4n) is 1.93. The Morgan fingerprint density at radius 2 is 2.21 bits per heavy atom. The summed E-state index contributed by atoms with van der Waals surface area (Å²) in [7, 11) is 1.71. The van der Waals surface area contributed by atoms with Crippen LogP contribution in [0, 0.1) is 6.92 Å². The highest BCUT2D eigenvalue weighted by Crippen LogP contribution is 2.23. The SMILES string of the molecule is COCC(C)n1ccnc1NC(C)c1ncc(C)s1. The number of nitrogens with one attached hydrogen (secondary N) is 1. The Kier molecular flexibility index (Phi) is 4.55. The summed E-state index contributed by atoms with van der Waals surface area (Å²) in [5.74, 6) is 0.852. The predicted molar refractivity (Wildman–Crippen MR) is 77.7 cm³/mol. The number of rotatable bonds is 6. The number of anilines is 1. The van der Waals surface area contributed by atoms with Crippen LogP contribution in [-0.4, -0.2) is 28.3 Å². The molecule has 0 aliphatic rings. The maximum Gasteiger partial charge on any atom is 0.203 e. The number of hydrogen-bond acceptors (Lipinski definition) is 5. The van der Waals surface area contributed by atoms with E-state index in [2.05, 4.69) is 40.6 Å². The first kappa shape index (κ1) is 14.0. The molecule has 2 atom stereocenters. The van der Waals surface area contributed by atoms with Crippen molar-refractivity contribution in [1.82, 2.24) is 14.5 Å². The van der Waals surface area contributed by atoms with Crippen LogP contribution in [0.15, 0.2) is 18.6 Å². The number of nitrogens with zero attached hydrogens (tertiary/aromatic N) is 3. The van der Waals surface area contributed by atoms with Gasteiger partial charge in [0.25, 0.3) is 0 Å². The van der Waals surface area contributed by atoms with Crippen molar-refractivity contribution in [3.05, 3.63) is 28.5 Å². The van der Waals surface area contributed by atoms with Crippen molar-refractivity contribution in [2.24, 2.45) is 0 Å². The van der Waals surface area contributed by atoms with E-state index in [1.165, 1.54) is 4.88 Å². The van der Waals surface area contributed by atoms with Crippen molar-refractivity contribution in [2.75, 3.05) is 19.0 Å². The molecule has 0 aliphatic carbocycles. The predicted octanol–water partition coefficient (Wildman–Crippen LogP) is 3.03. The number of ether oxygens (including phenoxy) is 1. The molecule has 2 aromatic heterocycles. The number of hydrogen-bond donors (Lipinski definition) is 1. The molecule has 0 aliphatic heterocycles. The average molecular weight is 280 g/mol. The number of aryl methyl sites for hydroxylation is 1. The van der Waals surface area contributed by atoms with E-state index < -0.39 is 0 Å². The van der Waals surface area contributed by atoms with Crippen LogP contribution in [0.3, 0.4) is 0 Å². The van der Waals surface area contributed by atoms with Gasteiger partial charge in [-0.05, 0) is 20.8 Å². The molecule has 0 aromatic carbocycles. The van der Waals surface area contributed by atoms with E-state index in [-0.39, 0.29) is 12.1 Å². The van der Waals surface area contributed by atoms with E-state index in [0.29, 0.717) is 6.61 Å². The van der Waals surface area contributed by atoms with Crippen molar-refractivity contribution in [3.63, 3.8) is 0 Å². The normalized spacial score (nSPS) is 14.3. The maximum atomic E-state index is 5.19. The Hall–Kier alpha value is -1.40. The molecule has 2 heterocycles. The van der Waals surface area contributed by atoms with E-state index in [4.69, 9.17) is 4.74 Å². The van der Waals surface area contributed by atoms with Crippen molar-refractivity contribution in [1.29, 1.82) is 0 Å². The number of thiazole rings is 1. The topological polar surface area (TPSA) is 52.0 Å². The molecule has 5 nitrogen and oxygen atoms in total. The Labute approximate surface area is 117 Å². The van der Waals surface area contributed by atoms with Gasteiger partial charge < -0.3 is 14.6 Å². The van der Waals surface area contributed by atoms with Crippen LogP contribution in [0.25, 0.3) is 0 Å². The fraction of sp³-hybridized carbons (Fsp3) is 0.538. The molecule has 0 bridgehead atoms. The van der Waals surface area contributed by atoms with Crippen LogP contribution in [0.5, 0.6) is 0 Å². The smallest absolute Gasteiger partial charge is 0.203 e. The largest absolute Gasteiger partial charge is 0.383 e. The summed E-state index contributed by atoms with van der Waals surface area (Å²) in [6, 6.07) is 0.398. The monoisotopic (exact) mass is 280 g/mol.